The average Bonchev–Trinajstić information content (AvgIpc) is 3.56. The van der Waals surface area contributed by atoms with E-state index >= 15 is 0 Å². The van der Waals surface area contributed by atoms with Crippen LogP contribution in [0.5, 0.6) is 0 Å². The van der Waals surface area contributed by atoms with Crippen LogP contribution in [-0.2, 0) is 0 Å². The summed E-state index contributed by atoms with van der Waals surface area (Å²) in [6, 6.07) is 15.5. The van der Waals surface area contributed by atoms with E-state index in [0.717, 1.165) is 55.5 Å². The zero-order valence-electron chi connectivity index (χ0n) is 18.0. The van der Waals surface area contributed by atoms with E-state index in [4.69, 9.17) is 4.98 Å². The van der Waals surface area contributed by atoms with Gasteiger partial charge in [-0.3, -0.25) is 5.10 Å². The molecule has 6 nitrogen and oxygen atoms in total. The van der Waals surface area contributed by atoms with Crippen molar-refractivity contribution in [2.45, 2.75) is 13.8 Å². The largest absolute Gasteiger partial charge is 0.342 e. The van der Waals surface area contributed by atoms with Crippen LogP contribution in [0, 0.1) is 13.8 Å². The van der Waals surface area contributed by atoms with Gasteiger partial charge in [0, 0.05) is 37.5 Å². The second kappa shape index (κ2) is 6.70. The van der Waals surface area contributed by atoms with Crippen molar-refractivity contribution in [3.63, 3.8) is 0 Å². The summed E-state index contributed by atoms with van der Waals surface area (Å²) in [4.78, 5) is 18.3. The van der Waals surface area contributed by atoms with Crippen LogP contribution in [0.3, 0.4) is 0 Å². The summed E-state index contributed by atoms with van der Waals surface area (Å²) in [6.07, 6.45) is 5.69. The number of hydrogen-bond acceptors (Lipinski definition) is 5. The van der Waals surface area contributed by atoms with Gasteiger partial charge in [-0.25, -0.2) is 15.0 Å². The quantitative estimate of drug-likeness (QED) is 0.295. The summed E-state index contributed by atoms with van der Waals surface area (Å²) in [5, 5.41) is 12.9. The van der Waals surface area contributed by atoms with Gasteiger partial charge in [-0.2, -0.15) is 5.10 Å². The summed E-state index contributed by atoms with van der Waals surface area (Å²) in [5.74, 6) is 1.70. The van der Waals surface area contributed by atoms with Gasteiger partial charge in [0.1, 0.15) is 17.2 Å². The molecule has 33 heavy (non-hydrogen) atoms. The predicted octanol–water partition coefficient (Wildman–Crippen LogP) is 6.55. The molecule has 3 aromatic carbocycles. The van der Waals surface area contributed by atoms with Crippen molar-refractivity contribution in [1.29, 1.82) is 0 Å². The highest BCUT2D eigenvalue weighted by Crippen LogP contribution is 2.39. The van der Waals surface area contributed by atoms with Crippen LogP contribution >= 0.6 is 11.3 Å². The number of aromatic amines is 2. The SMILES string of the molecule is Cc1nc2c3ccc(-c4cc5ccc(-c6cnc(C)[nH]6)cc5s4)cc3c3c[nH]ncc3c2n1. The van der Waals surface area contributed by atoms with Crippen LogP contribution < -0.4 is 0 Å². The van der Waals surface area contributed by atoms with E-state index in [2.05, 4.69) is 67.6 Å². The Morgan fingerprint density at radius 3 is 2.48 bits per heavy atom. The summed E-state index contributed by atoms with van der Waals surface area (Å²) >= 11 is 1.81. The molecule has 0 aliphatic carbocycles. The summed E-state index contributed by atoms with van der Waals surface area (Å²) in [7, 11) is 0. The molecule has 0 amide bonds. The first-order chi connectivity index (χ1) is 16.1. The standard InChI is InChI=1S/C26H18N6S/c1-13-27-12-22(30-13)15-3-4-17-9-24(33-23(17)8-15)16-5-6-18-19(7-16)20-10-28-29-11-21(20)26-25(18)31-14(2)32-26/h3-12,28H,1-2H3,(H,27,30). The Morgan fingerprint density at radius 2 is 1.64 bits per heavy atom. The molecule has 7 aromatic rings. The third kappa shape index (κ3) is 2.79. The van der Waals surface area contributed by atoms with Gasteiger partial charge in [0.2, 0.25) is 0 Å². The van der Waals surface area contributed by atoms with Crippen LogP contribution in [0.4, 0.5) is 0 Å². The average molecular weight is 447 g/mol. The van der Waals surface area contributed by atoms with Crippen molar-refractivity contribution in [3.8, 4) is 21.7 Å². The number of hydrogen-bond donors (Lipinski definition) is 2. The maximum Gasteiger partial charge on any atom is 0.126 e. The Balaban J connectivity index is 1.43. The minimum Gasteiger partial charge on any atom is -0.342 e. The van der Waals surface area contributed by atoms with Crippen molar-refractivity contribution < 1.29 is 0 Å². The van der Waals surface area contributed by atoms with Crippen LogP contribution in [0.2, 0.25) is 0 Å². The van der Waals surface area contributed by atoms with Crippen molar-refractivity contribution in [3.05, 3.63) is 72.7 Å². The Kier molecular flexibility index (Phi) is 3.75. The van der Waals surface area contributed by atoms with Crippen molar-refractivity contribution in [2.75, 3.05) is 0 Å². The molecule has 0 fully saturated rings. The molecule has 0 unspecified atom stereocenters. The summed E-state index contributed by atoms with van der Waals surface area (Å²) in [5.41, 5.74) is 5.23. The number of imidazole rings is 2. The highest BCUT2D eigenvalue weighted by molar-refractivity contribution is 7.22. The van der Waals surface area contributed by atoms with Gasteiger partial charge in [0.15, 0.2) is 0 Å². The van der Waals surface area contributed by atoms with Gasteiger partial charge >= 0.3 is 0 Å². The highest BCUT2D eigenvalue weighted by Gasteiger charge is 2.15. The minimum absolute atomic E-state index is 0.781. The first-order valence-corrected chi connectivity index (χ1v) is 11.5. The van der Waals surface area contributed by atoms with E-state index in [1.165, 1.54) is 20.5 Å². The Morgan fingerprint density at radius 1 is 0.788 bits per heavy atom. The number of H-pyrrole nitrogens is 2. The number of fused-ring (bicyclic) bond motifs is 7. The third-order valence-corrected chi connectivity index (χ3v) is 7.32. The minimum atomic E-state index is 0.781. The Labute approximate surface area is 192 Å². The second-order valence-electron chi connectivity index (χ2n) is 8.33. The molecular formula is C26H18N6S. The highest BCUT2D eigenvalue weighted by atomic mass is 32.1. The molecular weight excluding hydrogens is 428 g/mol. The smallest absolute Gasteiger partial charge is 0.126 e. The molecule has 0 spiro atoms. The molecule has 0 aliphatic rings. The van der Waals surface area contributed by atoms with Crippen LogP contribution in [-0.4, -0.2) is 30.1 Å². The van der Waals surface area contributed by atoms with E-state index in [0.29, 0.717) is 0 Å². The number of nitrogens with one attached hydrogen (secondary N) is 2. The van der Waals surface area contributed by atoms with Gasteiger partial charge in [-0.05, 0) is 48.4 Å². The lowest BCUT2D eigenvalue weighted by molar-refractivity contribution is 1.05. The van der Waals surface area contributed by atoms with E-state index in [1.807, 2.05) is 32.4 Å². The monoisotopic (exact) mass is 446 g/mol. The lowest BCUT2D eigenvalue weighted by Gasteiger charge is -2.07. The lowest BCUT2D eigenvalue weighted by atomic mass is 9.99. The predicted molar refractivity (Wildman–Crippen MR) is 135 cm³/mol. The van der Waals surface area contributed by atoms with Crippen molar-refractivity contribution in [1.82, 2.24) is 30.1 Å². The van der Waals surface area contributed by atoms with Gasteiger partial charge in [-0.15, -0.1) is 11.3 Å². The van der Waals surface area contributed by atoms with Gasteiger partial charge in [-0.1, -0.05) is 24.3 Å². The Hall–Kier alpha value is -4.10. The fourth-order valence-electron chi connectivity index (χ4n) is 4.63. The number of rotatable bonds is 2. The van der Waals surface area contributed by atoms with E-state index in [9.17, 15) is 0 Å². The molecule has 2 N–H and O–H groups in total. The van der Waals surface area contributed by atoms with E-state index in [-0.39, 0.29) is 0 Å². The molecule has 0 saturated carbocycles. The zero-order chi connectivity index (χ0) is 22.1. The van der Waals surface area contributed by atoms with Gasteiger partial charge < -0.3 is 4.98 Å². The number of benzene rings is 3. The molecule has 0 aliphatic heterocycles. The normalized spacial score (nSPS) is 11.9. The molecule has 7 heteroatoms. The third-order valence-electron chi connectivity index (χ3n) is 6.18. The fourth-order valence-corrected chi connectivity index (χ4v) is 5.73. The van der Waals surface area contributed by atoms with Gasteiger partial charge in [0.05, 0.1) is 23.6 Å². The molecule has 7 rings (SSSR count). The van der Waals surface area contributed by atoms with E-state index < -0.39 is 0 Å². The van der Waals surface area contributed by atoms with Crippen molar-refractivity contribution in [2.24, 2.45) is 0 Å². The maximum absolute atomic E-state index is 4.71. The number of nitrogens with zero attached hydrogens (tertiary/aromatic N) is 4. The number of aromatic nitrogens is 6. The van der Waals surface area contributed by atoms with Gasteiger partial charge in [0.25, 0.3) is 0 Å². The molecule has 4 heterocycles. The first-order valence-electron chi connectivity index (χ1n) is 10.7. The topological polar surface area (TPSA) is 83.1 Å². The molecule has 0 bridgehead atoms. The lowest BCUT2D eigenvalue weighted by Crippen LogP contribution is -1.86. The molecule has 0 atom stereocenters. The summed E-state index contributed by atoms with van der Waals surface area (Å²) in [6.45, 7) is 3.91. The Bertz CT molecular complexity index is 1860. The van der Waals surface area contributed by atoms with Crippen LogP contribution in [0.15, 0.2) is 61.1 Å². The molecule has 0 saturated heterocycles. The zero-order valence-corrected chi connectivity index (χ0v) is 18.8. The second-order valence-corrected chi connectivity index (χ2v) is 9.42. The fraction of sp³-hybridized carbons (Fsp3) is 0.0769. The van der Waals surface area contributed by atoms with Crippen LogP contribution in [0.1, 0.15) is 11.6 Å². The molecule has 4 aromatic heterocycles. The number of thiophene rings is 1. The van der Waals surface area contributed by atoms with Crippen LogP contribution in [0.25, 0.3) is 64.4 Å². The molecule has 0 radical (unpaired) electrons. The number of aryl methyl sites for hydroxylation is 2. The van der Waals surface area contributed by atoms with Crippen molar-refractivity contribution >= 4 is 54.0 Å². The molecule has 158 valence electrons. The van der Waals surface area contributed by atoms with E-state index in [1.54, 1.807) is 11.3 Å². The maximum atomic E-state index is 4.71. The summed E-state index contributed by atoms with van der Waals surface area (Å²) < 4.78 is 1.25. The first kappa shape index (κ1) is 18.5.